The van der Waals surface area contributed by atoms with Crippen LogP contribution >= 0.6 is 45.3 Å². The molecule has 0 aliphatic carbocycles. The number of phenols is 2. The molecule has 4 nitrogen and oxygen atoms in total. The predicted octanol–water partition coefficient (Wildman–Crippen LogP) is 3.27. The maximum Gasteiger partial charge on any atom is 0.315 e. The zero-order valence-electron chi connectivity index (χ0n) is 14.3. The van der Waals surface area contributed by atoms with Gasteiger partial charge in [0, 0.05) is 12.8 Å². The third-order valence-corrected chi connectivity index (χ3v) is 9.38. The molecule has 0 aliphatic rings. The summed E-state index contributed by atoms with van der Waals surface area (Å²) in [5.74, 6) is 0.625. The van der Waals surface area contributed by atoms with Crippen molar-refractivity contribution < 1.29 is 10.2 Å². The molecule has 2 aromatic heterocycles. The number of hydrogen-bond donors (Lipinski definition) is 2. The molecule has 0 fully saturated rings. The zero-order valence-corrected chi connectivity index (χ0v) is 17.5. The van der Waals surface area contributed by atoms with Gasteiger partial charge in [0.1, 0.15) is 27.2 Å². The largest absolute Gasteiger partial charge is 0.505 e. The summed E-state index contributed by atoms with van der Waals surface area (Å²) >= 11 is 6.24. The molecule has 2 N–H and O–H groups in total. The molecule has 1 aromatic carbocycles. The van der Waals surface area contributed by atoms with Gasteiger partial charge in [0.25, 0.3) is 0 Å². The Kier molecular flexibility index (Phi) is 5.29. The van der Waals surface area contributed by atoms with Crippen molar-refractivity contribution in [3.63, 3.8) is 0 Å². The molecule has 130 valence electrons. The van der Waals surface area contributed by atoms with Crippen LogP contribution in [0.3, 0.4) is 0 Å². The van der Waals surface area contributed by atoms with E-state index in [0.717, 1.165) is 52.7 Å². The normalized spacial score (nSPS) is 11.5. The summed E-state index contributed by atoms with van der Waals surface area (Å²) in [4.78, 5) is 0. The van der Waals surface area contributed by atoms with Crippen molar-refractivity contribution in [1.82, 2.24) is 9.15 Å². The molecule has 0 saturated heterocycles. The summed E-state index contributed by atoms with van der Waals surface area (Å²) < 4.78 is 9.77. The van der Waals surface area contributed by atoms with Crippen molar-refractivity contribution in [2.75, 3.05) is 27.2 Å². The molecular weight excluding hydrogens is 380 g/mol. The fourth-order valence-corrected chi connectivity index (χ4v) is 7.77. The maximum absolute atomic E-state index is 10.8. The van der Waals surface area contributed by atoms with Crippen LogP contribution in [0.4, 0.5) is 0 Å². The quantitative estimate of drug-likeness (QED) is 0.520. The molecule has 8 heteroatoms. The van der Waals surface area contributed by atoms with Crippen molar-refractivity contribution in [3.8, 4) is 11.5 Å². The molecule has 0 aliphatic heterocycles. The average Bonchev–Trinajstić information content (AvgIpc) is 3.18. The van der Waals surface area contributed by atoms with Crippen LogP contribution in [0.1, 0.15) is 26.7 Å². The summed E-state index contributed by atoms with van der Waals surface area (Å²) in [6.45, 7) is 6.23. The Morgan fingerprint density at radius 3 is 1.21 bits per heavy atom. The minimum Gasteiger partial charge on any atom is -0.505 e. The van der Waals surface area contributed by atoms with Gasteiger partial charge in [-0.25, -0.2) is 9.15 Å². The lowest BCUT2D eigenvalue weighted by molar-refractivity contribution is 0.481. The monoisotopic (exact) mass is 402 g/mol. The fourth-order valence-electron chi connectivity index (χ4n) is 2.57. The molecule has 0 amide bonds. The van der Waals surface area contributed by atoms with E-state index in [4.69, 9.17) is 0 Å². The predicted molar refractivity (Wildman–Crippen MR) is 109 cm³/mol. The second-order valence-corrected chi connectivity index (χ2v) is 10.3. The van der Waals surface area contributed by atoms with E-state index in [1.165, 1.54) is 0 Å². The molecule has 24 heavy (non-hydrogen) atoms. The average molecular weight is 403 g/mol. The van der Waals surface area contributed by atoms with Crippen LogP contribution in [-0.2, 0) is 0 Å². The highest BCUT2D eigenvalue weighted by Gasteiger charge is 2.21. The second kappa shape index (κ2) is 7.11. The Morgan fingerprint density at radius 1 is 0.667 bits per heavy atom. The molecule has 3 aromatic rings. The Labute approximate surface area is 156 Å². The van der Waals surface area contributed by atoms with Crippen LogP contribution in [0.2, 0.25) is 0 Å². The van der Waals surface area contributed by atoms with E-state index in [9.17, 15) is 10.2 Å². The lowest BCUT2D eigenvalue weighted by atomic mass is 10.3. The standard InChI is InChI=1S/C16H20N2O2S4/c1-5-7-17(3)15-21-11-9(19)13-14(10(20)12(11)22-15)24-16(23-13)18(4)8-6-2/h5-8H2,1-4H3/p+2. The van der Waals surface area contributed by atoms with Crippen molar-refractivity contribution >= 4 is 64.1 Å². The van der Waals surface area contributed by atoms with Crippen molar-refractivity contribution in [3.05, 3.63) is 7.97 Å². The summed E-state index contributed by atoms with van der Waals surface area (Å²) in [5.41, 5.74) is 0. The molecule has 0 saturated carbocycles. The first kappa shape index (κ1) is 17.8. The Morgan fingerprint density at radius 2 is 0.958 bits per heavy atom. The number of benzene rings is 1. The van der Waals surface area contributed by atoms with Crippen LogP contribution in [-0.4, -0.2) is 37.4 Å². The number of fused-ring (bicyclic) bond motifs is 2. The summed E-state index contributed by atoms with van der Waals surface area (Å²) in [6, 6.07) is 0. The highest BCUT2D eigenvalue weighted by molar-refractivity contribution is 7.39. The van der Waals surface area contributed by atoms with E-state index in [1.54, 1.807) is 45.3 Å². The van der Waals surface area contributed by atoms with Gasteiger partial charge in [0.05, 0.1) is 18.8 Å². The van der Waals surface area contributed by atoms with E-state index in [-0.39, 0.29) is 0 Å². The number of aromatic hydroxyl groups is 2. The van der Waals surface area contributed by atoms with Gasteiger partial charge >= 0.3 is 7.97 Å². The van der Waals surface area contributed by atoms with Gasteiger partial charge in [0.15, 0.2) is 11.5 Å². The van der Waals surface area contributed by atoms with Crippen LogP contribution in [0.15, 0.2) is 0 Å². The first-order valence-electron chi connectivity index (χ1n) is 7.97. The number of hydrogen-bond acceptors (Lipinski definition) is 6. The lowest BCUT2D eigenvalue weighted by Crippen LogP contribution is -2.21. The molecule has 0 spiro atoms. The van der Waals surface area contributed by atoms with Gasteiger partial charge in [-0.1, -0.05) is 59.2 Å². The highest BCUT2D eigenvalue weighted by Crippen LogP contribution is 2.46. The third-order valence-electron chi connectivity index (χ3n) is 3.77. The lowest BCUT2D eigenvalue weighted by Gasteiger charge is -1.98. The molecule has 2 heterocycles. The Balaban J connectivity index is 2.36. The van der Waals surface area contributed by atoms with Crippen molar-refractivity contribution in [2.45, 2.75) is 26.7 Å². The number of rotatable bonds is 4. The first-order chi connectivity index (χ1) is 11.5. The molecule has 0 bridgehead atoms. The van der Waals surface area contributed by atoms with Gasteiger partial charge in [-0.05, 0) is 0 Å². The molecular formula is C16H22N2O2S4+2. The Hall–Kier alpha value is -0.960. The molecule has 0 atom stereocenters. The number of nitrogens with zero attached hydrogens (tertiary/aromatic N) is 2. The van der Waals surface area contributed by atoms with Crippen LogP contribution < -0.4 is 17.1 Å². The van der Waals surface area contributed by atoms with E-state index in [1.807, 2.05) is 0 Å². The highest BCUT2D eigenvalue weighted by atomic mass is 32.2. The van der Waals surface area contributed by atoms with E-state index in [2.05, 4.69) is 37.1 Å². The van der Waals surface area contributed by atoms with Crippen LogP contribution in [0.5, 0.6) is 11.5 Å². The van der Waals surface area contributed by atoms with Crippen molar-refractivity contribution in [2.24, 2.45) is 0 Å². The summed E-state index contributed by atoms with van der Waals surface area (Å²) in [7, 11) is 4.11. The third kappa shape index (κ3) is 3.00. The minimum atomic E-state index is 0.313. The summed E-state index contributed by atoms with van der Waals surface area (Å²) in [6.07, 6.45) is 2.14. The summed E-state index contributed by atoms with van der Waals surface area (Å²) in [5, 5.41) is 21.5. The second-order valence-electron chi connectivity index (χ2n) is 5.80. The van der Waals surface area contributed by atoms with E-state index < -0.39 is 0 Å². The van der Waals surface area contributed by atoms with Gasteiger partial charge in [0.2, 0.25) is 0 Å². The molecule has 3 rings (SSSR count). The number of phenolic OH excluding ortho intramolecular Hbond substituents is 2. The smallest absolute Gasteiger partial charge is 0.315 e. The van der Waals surface area contributed by atoms with Gasteiger partial charge in [-0.3, -0.25) is 0 Å². The van der Waals surface area contributed by atoms with Crippen LogP contribution in [0, 0.1) is 0 Å². The van der Waals surface area contributed by atoms with Gasteiger partial charge in [-0.2, -0.15) is 0 Å². The first-order valence-corrected chi connectivity index (χ1v) is 11.2. The van der Waals surface area contributed by atoms with E-state index in [0.29, 0.717) is 11.5 Å². The SMILES string of the molecule is CCC[N+](C)=c1sc2c(O)c3sc(=[N+](C)CCC)sc3c(O)c2s1. The Bertz CT molecular complexity index is 893. The zero-order chi connectivity index (χ0) is 17.4. The van der Waals surface area contributed by atoms with E-state index >= 15 is 0 Å². The fraction of sp³-hybridized carbons (Fsp3) is 0.500. The van der Waals surface area contributed by atoms with Gasteiger partial charge < -0.3 is 10.2 Å². The van der Waals surface area contributed by atoms with Crippen molar-refractivity contribution in [1.29, 1.82) is 0 Å². The minimum absolute atomic E-state index is 0.313. The molecule has 0 radical (unpaired) electrons. The topological polar surface area (TPSA) is 46.5 Å². The maximum atomic E-state index is 10.8. The molecule has 0 unspecified atom stereocenters. The van der Waals surface area contributed by atoms with Crippen LogP contribution in [0.25, 0.3) is 18.8 Å². The van der Waals surface area contributed by atoms with Gasteiger partial charge in [-0.15, -0.1) is 0 Å².